The Morgan fingerprint density at radius 3 is 2.29 bits per heavy atom. The van der Waals surface area contributed by atoms with E-state index < -0.39 is 9.84 Å². The van der Waals surface area contributed by atoms with E-state index in [4.69, 9.17) is 11.6 Å². The largest absolute Gasteiger partial charge is 0.322 e. The zero-order valence-corrected chi connectivity index (χ0v) is 14.1. The minimum absolute atomic E-state index is 0.172. The van der Waals surface area contributed by atoms with E-state index in [2.05, 4.69) is 21.2 Å². The third kappa shape index (κ3) is 4.06. The Labute approximate surface area is 136 Å². The highest BCUT2D eigenvalue weighted by Gasteiger charge is 2.10. The Kier molecular flexibility index (Phi) is 4.70. The van der Waals surface area contributed by atoms with Gasteiger partial charge in [0, 0.05) is 22.0 Å². The second-order valence-electron chi connectivity index (χ2n) is 4.38. The highest BCUT2D eigenvalue weighted by Crippen LogP contribution is 2.25. The van der Waals surface area contributed by atoms with E-state index in [9.17, 15) is 13.2 Å². The lowest BCUT2D eigenvalue weighted by molar-refractivity contribution is 0.102. The van der Waals surface area contributed by atoms with Crippen LogP contribution in [-0.2, 0) is 9.84 Å². The van der Waals surface area contributed by atoms with Gasteiger partial charge in [0.2, 0.25) is 0 Å². The van der Waals surface area contributed by atoms with Gasteiger partial charge in [-0.3, -0.25) is 4.79 Å². The van der Waals surface area contributed by atoms with Crippen LogP contribution in [0.25, 0.3) is 0 Å². The van der Waals surface area contributed by atoms with E-state index in [-0.39, 0.29) is 10.8 Å². The van der Waals surface area contributed by atoms with Crippen molar-refractivity contribution in [2.45, 2.75) is 4.90 Å². The summed E-state index contributed by atoms with van der Waals surface area (Å²) >= 11 is 9.21. The summed E-state index contributed by atoms with van der Waals surface area (Å²) in [4.78, 5) is 12.2. The fraction of sp³-hybridized carbons (Fsp3) is 0.0714. The molecule has 1 amide bonds. The first-order valence-electron chi connectivity index (χ1n) is 5.84. The summed E-state index contributed by atoms with van der Waals surface area (Å²) in [5, 5.41) is 3.18. The fourth-order valence-corrected chi connectivity index (χ4v) is 2.69. The van der Waals surface area contributed by atoms with E-state index in [1.54, 1.807) is 18.2 Å². The summed E-state index contributed by atoms with van der Waals surface area (Å²) in [6, 6.07) is 10.8. The molecule has 0 unspecified atom stereocenters. The molecule has 2 aromatic carbocycles. The lowest BCUT2D eigenvalue weighted by Crippen LogP contribution is -2.12. The molecule has 110 valence electrons. The Morgan fingerprint density at radius 2 is 1.76 bits per heavy atom. The fourth-order valence-electron chi connectivity index (χ4n) is 1.63. The number of carbonyl (C=O) groups excluding carboxylic acids is 1. The van der Waals surface area contributed by atoms with Gasteiger partial charge in [-0.15, -0.1) is 0 Å². The molecule has 0 spiro atoms. The number of nitrogens with one attached hydrogen (secondary N) is 1. The summed E-state index contributed by atoms with van der Waals surface area (Å²) in [6.07, 6.45) is 1.12. The third-order valence-electron chi connectivity index (χ3n) is 2.72. The minimum atomic E-state index is -3.27. The van der Waals surface area contributed by atoms with Crippen molar-refractivity contribution in [1.82, 2.24) is 0 Å². The van der Waals surface area contributed by atoms with Crippen LogP contribution in [-0.4, -0.2) is 20.6 Å². The van der Waals surface area contributed by atoms with Gasteiger partial charge in [-0.25, -0.2) is 8.42 Å². The van der Waals surface area contributed by atoms with E-state index in [1.165, 1.54) is 24.3 Å². The lowest BCUT2D eigenvalue weighted by Gasteiger charge is -2.07. The number of hydrogen-bond acceptors (Lipinski definition) is 3. The molecule has 1 N–H and O–H groups in total. The van der Waals surface area contributed by atoms with Crippen molar-refractivity contribution in [3.05, 3.63) is 57.5 Å². The zero-order valence-electron chi connectivity index (χ0n) is 10.9. The number of anilines is 1. The van der Waals surface area contributed by atoms with Gasteiger partial charge in [-0.05, 0) is 58.4 Å². The van der Waals surface area contributed by atoms with Crippen molar-refractivity contribution in [2.75, 3.05) is 11.6 Å². The SMILES string of the molecule is CS(=O)(=O)c1ccc(C(=O)Nc2ccc(Br)c(Cl)c2)cc1. The van der Waals surface area contributed by atoms with Crippen molar-refractivity contribution in [3.63, 3.8) is 0 Å². The van der Waals surface area contributed by atoms with Gasteiger partial charge in [0.1, 0.15) is 0 Å². The lowest BCUT2D eigenvalue weighted by atomic mass is 10.2. The molecule has 0 bridgehead atoms. The number of rotatable bonds is 3. The van der Waals surface area contributed by atoms with E-state index in [0.717, 1.165) is 10.7 Å². The van der Waals surface area contributed by atoms with Crippen LogP contribution in [0.5, 0.6) is 0 Å². The highest BCUT2D eigenvalue weighted by molar-refractivity contribution is 9.10. The molecule has 21 heavy (non-hydrogen) atoms. The Balaban J connectivity index is 2.18. The second-order valence-corrected chi connectivity index (χ2v) is 7.66. The Bertz CT molecular complexity index is 788. The van der Waals surface area contributed by atoms with Crippen LogP contribution in [0.1, 0.15) is 10.4 Å². The number of amides is 1. The van der Waals surface area contributed by atoms with Gasteiger partial charge >= 0.3 is 0 Å². The van der Waals surface area contributed by atoms with Gasteiger partial charge < -0.3 is 5.32 Å². The van der Waals surface area contributed by atoms with E-state index in [0.29, 0.717) is 16.3 Å². The molecule has 0 aromatic heterocycles. The van der Waals surface area contributed by atoms with Crippen LogP contribution < -0.4 is 5.32 Å². The van der Waals surface area contributed by atoms with Crippen LogP contribution in [0, 0.1) is 0 Å². The molecular weight excluding hydrogens is 378 g/mol. The summed E-state index contributed by atoms with van der Waals surface area (Å²) < 4.78 is 23.4. The maximum absolute atomic E-state index is 12.1. The van der Waals surface area contributed by atoms with Gasteiger partial charge in [-0.2, -0.15) is 0 Å². The van der Waals surface area contributed by atoms with Crippen molar-refractivity contribution in [2.24, 2.45) is 0 Å². The molecule has 0 aliphatic heterocycles. The molecule has 0 heterocycles. The molecular formula is C14H11BrClNO3S. The summed E-state index contributed by atoms with van der Waals surface area (Å²) in [5.41, 5.74) is 0.918. The first-order valence-corrected chi connectivity index (χ1v) is 8.90. The third-order valence-corrected chi connectivity index (χ3v) is 5.08. The predicted molar refractivity (Wildman–Crippen MR) is 86.7 cm³/mol. The quantitative estimate of drug-likeness (QED) is 0.871. The Hall–Kier alpha value is -1.37. The first-order chi connectivity index (χ1) is 9.77. The molecule has 0 saturated heterocycles. The summed E-state index contributed by atoms with van der Waals surface area (Å²) in [6.45, 7) is 0. The zero-order chi connectivity index (χ0) is 15.6. The molecule has 0 aliphatic carbocycles. The smallest absolute Gasteiger partial charge is 0.255 e. The van der Waals surface area contributed by atoms with E-state index in [1.807, 2.05) is 0 Å². The van der Waals surface area contributed by atoms with Crippen molar-refractivity contribution < 1.29 is 13.2 Å². The number of sulfone groups is 1. The van der Waals surface area contributed by atoms with Gasteiger partial charge in [0.15, 0.2) is 9.84 Å². The predicted octanol–water partition coefficient (Wildman–Crippen LogP) is 3.76. The monoisotopic (exact) mass is 387 g/mol. The average molecular weight is 389 g/mol. The molecule has 0 atom stereocenters. The van der Waals surface area contributed by atoms with Crippen LogP contribution >= 0.6 is 27.5 Å². The first kappa shape index (κ1) is 16.0. The van der Waals surface area contributed by atoms with Crippen molar-refractivity contribution in [3.8, 4) is 0 Å². The summed E-state index contributed by atoms with van der Waals surface area (Å²) in [5.74, 6) is -0.339. The number of hydrogen-bond donors (Lipinski definition) is 1. The van der Waals surface area contributed by atoms with Crippen LogP contribution in [0.4, 0.5) is 5.69 Å². The maximum Gasteiger partial charge on any atom is 0.255 e. The molecule has 0 radical (unpaired) electrons. The van der Waals surface area contributed by atoms with Gasteiger partial charge in [-0.1, -0.05) is 11.6 Å². The molecule has 7 heteroatoms. The number of carbonyl (C=O) groups is 1. The van der Waals surface area contributed by atoms with Crippen LogP contribution in [0.3, 0.4) is 0 Å². The molecule has 0 aliphatic rings. The number of benzene rings is 2. The normalized spacial score (nSPS) is 11.2. The van der Waals surface area contributed by atoms with Gasteiger partial charge in [0.25, 0.3) is 5.91 Å². The average Bonchev–Trinajstić information content (AvgIpc) is 2.42. The van der Waals surface area contributed by atoms with E-state index >= 15 is 0 Å². The number of halogens is 2. The standard InChI is InChI=1S/C14H11BrClNO3S/c1-21(19,20)11-5-2-9(3-6-11)14(18)17-10-4-7-12(15)13(16)8-10/h2-8H,1H3,(H,17,18). The molecule has 0 saturated carbocycles. The van der Waals surface area contributed by atoms with Crippen LogP contribution in [0.15, 0.2) is 51.8 Å². The molecule has 2 rings (SSSR count). The van der Waals surface area contributed by atoms with Crippen LogP contribution in [0.2, 0.25) is 5.02 Å². The molecule has 4 nitrogen and oxygen atoms in total. The van der Waals surface area contributed by atoms with Crippen molar-refractivity contribution >= 4 is 49.0 Å². The topological polar surface area (TPSA) is 63.2 Å². The maximum atomic E-state index is 12.1. The highest BCUT2D eigenvalue weighted by atomic mass is 79.9. The molecule has 0 fully saturated rings. The van der Waals surface area contributed by atoms with Gasteiger partial charge in [0.05, 0.1) is 9.92 Å². The van der Waals surface area contributed by atoms with Crippen molar-refractivity contribution in [1.29, 1.82) is 0 Å². The Morgan fingerprint density at radius 1 is 1.14 bits per heavy atom. The summed E-state index contributed by atoms with van der Waals surface area (Å²) in [7, 11) is -3.27. The second kappa shape index (κ2) is 6.17. The minimum Gasteiger partial charge on any atom is -0.322 e. The molecule has 2 aromatic rings.